The van der Waals surface area contributed by atoms with Crippen LogP contribution in [0.1, 0.15) is 12.8 Å². The van der Waals surface area contributed by atoms with Gasteiger partial charge in [-0.1, -0.05) is 0 Å². The number of amides is 2. The van der Waals surface area contributed by atoms with Gasteiger partial charge in [0, 0.05) is 6.54 Å². The predicted octanol–water partition coefficient (Wildman–Crippen LogP) is -1.04. The quantitative estimate of drug-likeness (QED) is 0.546. The minimum absolute atomic E-state index is 0.133. The van der Waals surface area contributed by atoms with E-state index in [0.717, 1.165) is 6.42 Å². The summed E-state index contributed by atoms with van der Waals surface area (Å²) in [5, 5.41) is 0. The average Bonchev–Trinajstić information content (AvgIpc) is 2.12. The Morgan fingerprint density at radius 2 is 2.38 bits per heavy atom. The molecule has 13 heavy (non-hydrogen) atoms. The zero-order valence-corrected chi connectivity index (χ0v) is 7.03. The lowest BCUT2D eigenvalue weighted by Gasteiger charge is -2.40. The second-order valence-electron chi connectivity index (χ2n) is 3.33. The Morgan fingerprint density at radius 1 is 1.62 bits per heavy atom. The van der Waals surface area contributed by atoms with Gasteiger partial charge in [-0.2, -0.15) is 0 Å². The van der Waals surface area contributed by atoms with Crippen LogP contribution < -0.4 is 11.2 Å². The van der Waals surface area contributed by atoms with Crippen LogP contribution in [-0.4, -0.2) is 35.5 Å². The normalized spacial score (nSPS) is 32.6. The van der Waals surface area contributed by atoms with E-state index in [9.17, 15) is 9.59 Å². The lowest BCUT2D eigenvalue weighted by atomic mass is 9.98. The smallest absolute Gasteiger partial charge is 0.368 e. The third kappa shape index (κ3) is 1.33. The largest absolute Gasteiger partial charge is 0.429 e. The molecule has 6 heteroatoms. The van der Waals surface area contributed by atoms with Crippen LogP contribution in [0.3, 0.4) is 0 Å². The fraction of sp³-hybridized carbons (Fsp3) is 0.714. The summed E-state index contributed by atoms with van der Waals surface area (Å²) >= 11 is 0. The molecule has 6 nitrogen and oxygen atoms in total. The van der Waals surface area contributed by atoms with Gasteiger partial charge in [0.15, 0.2) is 0 Å². The van der Waals surface area contributed by atoms with Crippen molar-refractivity contribution in [3.05, 3.63) is 0 Å². The number of nitrogens with two attached hydrogens (primary N) is 1. The highest BCUT2D eigenvalue weighted by atomic mass is 16.7. The molecule has 2 bridgehead atoms. The minimum Gasteiger partial charge on any atom is -0.368 e. The van der Waals surface area contributed by atoms with Crippen molar-refractivity contribution in [2.24, 2.45) is 5.73 Å². The maximum atomic E-state index is 11.2. The molecular formula is C7H11N3O3. The van der Waals surface area contributed by atoms with E-state index < -0.39 is 18.0 Å². The molecule has 2 aliphatic rings. The number of primary amides is 1. The molecule has 2 atom stereocenters. The van der Waals surface area contributed by atoms with E-state index >= 15 is 0 Å². The molecular weight excluding hydrogens is 174 g/mol. The number of hydrogen-bond acceptors (Lipinski definition) is 4. The Hall–Kier alpha value is -1.30. The first-order valence-corrected chi connectivity index (χ1v) is 4.21. The van der Waals surface area contributed by atoms with Crippen LogP contribution in [0.4, 0.5) is 4.79 Å². The Labute approximate surface area is 75.0 Å². The Morgan fingerprint density at radius 3 is 3.08 bits per heavy atom. The first-order chi connectivity index (χ1) is 6.18. The number of nitrogens with zero attached hydrogens (tertiary/aromatic N) is 1. The van der Waals surface area contributed by atoms with E-state index in [1.807, 2.05) is 0 Å². The molecule has 0 aliphatic carbocycles. The van der Waals surface area contributed by atoms with Crippen LogP contribution in [0.15, 0.2) is 0 Å². The number of fused-ring (bicyclic) bond motifs is 2. The molecule has 0 aromatic rings. The summed E-state index contributed by atoms with van der Waals surface area (Å²) in [7, 11) is 0. The Balaban J connectivity index is 2.15. The molecule has 0 aromatic heterocycles. The summed E-state index contributed by atoms with van der Waals surface area (Å²) < 4.78 is 0. The van der Waals surface area contributed by atoms with Crippen molar-refractivity contribution in [1.29, 1.82) is 0 Å². The summed E-state index contributed by atoms with van der Waals surface area (Å²) in [6.45, 7) is 0.506. The van der Waals surface area contributed by atoms with Crippen LogP contribution in [0.2, 0.25) is 0 Å². The number of rotatable bonds is 1. The number of hydrogen-bond donors (Lipinski definition) is 2. The van der Waals surface area contributed by atoms with Crippen LogP contribution in [0.5, 0.6) is 0 Å². The Kier molecular flexibility index (Phi) is 1.84. The zero-order chi connectivity index (χ0) is 9.42. The van der Waals surface area contributed by atoms with Crippen LogP contribution in [0.25, 0.3) is 0 Å². The second kappa shape index (κ2) is 2.88. The Bertz CT molecular complexity index is 255. The first kappa shape index (κ1) is 8.31. The lowest BCUT2D eigenvalue weighted by molar-refractivity contribution is -0.127. The molecule has 3 N–H and O–H groups in total. The highest BCUT2D eigenvalue weighted by molar-refractivity contribution is 5.84. The molecule has 2 heterocycles. The average molecular weight is 185 g/mol. The summed E-state index contributed by atoms with van der Waals surface area (Å²) in [5.74, 6) is -0.461. The van der Waals surface area contributed by atoms with Crippen molar-refractivity contribution in [1.82, 2.24) is 10.4 Å². The molecule has 2 aliphatic heterocycles. The first-order valence-electron chi connectivity index (χ1n) is 4.21. The van der Waals surface area contributed by atoms with E-state index in [4.69, 9.17) is 5.73 Å². The van der Waals surface area contributed by atoms with E-state index in [-0.39, 0.29) is 6.04 Å². The molecule has 2 fully saturated rings. The maximum Gasteiger partial charge on any atom is 0.429 e. The van der Waals surface area contributed by atoms with Gasteiger partial charge in [0.05, 0.1) is 6.04 Å². The molecule has 0 unspecified atom stereocenters. The van der Waals surface area contributed by atoms with Gasteiger partial charge in [0.1, 0.15) is 6.04 Å². The highest BCUT2D eigenvalue weighted by Crippen LogP contribution is 2.21. The molecule has 2 amide bonds. The van der Waals surface area contributed by atoms with Crippen molar-refractivity contribution in [3.8, 4) is 0 Å². The molecule has 2 rings (SSSR count). The van der Waals surface area contributed by atoms with Crippen molar-refractivity contribution in [2.75, 3.05) is 6.54 Å². The van der Waals surface area contributed by atoms with E-state index in [1.54, 1.807) is 0 Å². The van der Waals surface area contributed by atoms with Crippen LogP contribution in [0, 0.1) is 0 Å². The van der Waals surface area contributed by atoms with Crippen LogP contribution >= 0.6 is 0 Å². The van der Waals surface area contributed by atoms with Gasteiger partial charge in [0.25, 0.3) is 0 Å². The summed E-state index contributed by atoms with van der Waals surface area (Å²) in [6, 6.07) is -0.362. The van der Waals surface area contributed by atoms with Crippen molar-refractivity contribution in [2.45, 2.75) is 24.9 Å². The van der Waals surface area contributed by atoms with Gasteiger partial charge < -0.3 is 10.6 Å². The number of carbonyl (C=O) groups is 2. The molecule has 0 spiro atoms. The topological polar surface area (TPSA) is 84.7 Å². The molecule has 0 saturated carbocycles. The van der Waals surface area contributed by atoms with Crippen LogP contribution in [-0.2, 0) is 9.63 Å². The number of carbonyl (C=O) groups excluding carboxylic acids is 2. The SMILES string of the molecule is NC(=O)[C@@H]1CC[C@@H]2CN1C(=O)ON2. The number of nitrogens with one attached hydrogen (secondary N) is 1. The summed E-state index contributed by atoms with van der Waals surface area (Å²) in [5.41, 5.74) is 7.77. The predicted molar refractivity (Wildman–Crippen MR) is 42.3 cm³/mol. The second-order valence-corrected chi connectivity index (χ2v) is 3.33. The highest BCUT2D eigenvalue weighted by Gasteiger charge is 2.39. The van der Waals surface area contributed by atoms with Gasteiger partial charge in [-0.05, 0) is 12.8 Å². The lowest BCUT2D eigenvalue weighted by Crippen LogP contribution is -2.62. The van der Waals surface area contributed by atoms with Gasteiger partial charge in [0.2, 0.25) is 5.91 Å². The summed E-state index contributed by atoms with van der Waals surface area (Å²) in [4.78, 5) is 28.1. The fourth-order valence-electron chi connectivity index (χ4n) is 1.76. The monoisotopic (exact) mass is 185 g/mol. The van der Waals surface area contributed by atoms with E-state index in [1.165, 1.54) is 4.90 Å². The minimum atomic E-state index is -0.514. The van der Waals surface area contributed by atoms with Crippen molar-refractivity contribution < 1.29 is 14.4 Å². The van der Waals surface area contributed by atoms with Gasteiger partial charge in [-0.3, -0.25) is 9.69 Å². The molecule has 0 radical (unpaired) electrons. The zero-order valence-electron chi connectivity index (χ0n) is 7.03. The van der Waals surface area contributed by atoms with Crippen molar-refractivity contribution >= 4 is 12.0 Å². The van der Waals surface area contributed by atoms with Gasteiger partial charge >= 0.3 is 6.09 Å². The van der Waals surface area contributed by atoms with Crippen molar-refractivity contribution in [3.63, 3.8) is 0 Å². The van der Waals surface area contributed by atoms with E-state index in [2.05, 4.69) is 10.3 Å². The third-order valence-electron chi connectivity index (χ3n) is 2.46. The molecule has 2 saturated heterocycles. The van der Waals surface area contributed by atoms with E-state index in [0.29, 0.717) is 13.0 Å². The number of piperidine rings is 1. The standard InChI is InChI=1S/C7H11N3O3/c8-6(11)5-2-1-4-3-10(5)7(12)13-9-4/h4-5,9H,1-3H2,(H2,8,11)/t4-,5+/m1/s1. The fourth-order valence-corrected chi connectivity index (χ4v) is 1.76. The molecule has 0 aromatic carbocycles. The molecule has 72 valence electrons. The van der Waals surface area contributed by atoms with Gasteiger partial charge in [-0.15, -0.1) is 5.48 Å². The third-order valence-corrected chi connectivity index (χ3v) is 2.46. The summed E-state index contributed by atoms with van der Waals surface area (Å²) in [6.07, 6.45) is 0.902. The maximum absolute atomic E-state index is 11.2. The number of hydroxylamine groups is 1. The van der Waals surface area contributed by atoms with Gasteiger partial charge in [-0.25, -0.2) is 4.79 Å².